The van der Waals surface area contributed by atoms with Gasteiger partial charge in [-0.15, -0.1) is 0 Å². The Kier molecular flexibility index (Phi) is 4.08. The molecule has 106 valence electrons. The number of nitrogens with one attached hydrogen (secondary N) is 1. The van der Waals surface area contributed by atoms with E-state index in [1.165, 1.54) is 0 Å². The van der Waals surface area contributed by atoms with Crippen molar-refractivity contribution in [2.24, 2.45) is 0 Å². The van der Waals surface area contributed by atoms with Crippen LogP contribution in [-0.4, -0.2) is 9.97 Å². The lowest BCUT2D eigenvalue weighted by molar-refractivity contribution is 1.11. The van der Waals surface area contributed by atoms with E-state index in [1.54, 1.807) is 12.4 Å². The Bertz CT molecular complexity index is 805. The van der Waals surface area contributed by atoms with Crippen LogP contribution in [0.25, 0.3) is 10.9 Å². The molecular formula is C16H13BrClN3. The number of pyridine rings is 2. The molecule has 3 aromatic rings. The Morgan fingerprint density at radius 1 is 1.29 bits per heavy atom. The van der Waals surface area contributed by atoms with Gasteiger partial charge in [0.15, 0.2) is 0 Å². The van der Waals surface area contributed by atoms with Gasteiger partial charge in [-0.05, 0) is 58.2 Å². The van der Waals surface area contributed by atoms with E-state index >= 15 is 0 Å². The SMILES string of the molecule is Cc1cc(Cl)c(NCc2cncc(Br)c2)c2cccnc12. The van der Waals surface area contributed by atoms with Gasteiger partial charge in [-0.3, -0.25) is 9.97 Å². The Balaban J connectivity index is 1.97. The molecule has 0 aliphatic heterocycles. The summed E-state index contributed by atoms with van der Waals surface area (Å²) < 4.78 is 0.961. The van der Waals surface area contributed by atoms with Gasteiger partial charge in [0.2, 0.25) is 0 Å². The number of benzene rings is 1. The standard InChI is InChI=1S/C16H13BrClN3/c1-10-5-14(18)16(13-3-2-4-20-15(10)13)21-8-11-6-12(17)9-19-7-11/h2-7,9,21H,8H2,1H3. The van der Waals surface area contributed by atoms with E-state index in [0.29, 0.717) is 11.6 Å². The number of hydrogen-bond acceptors (Lipinski definition) is 3. The number of anilines is 1. The maximum Gasteiger partial charge on any atom is 0.0752 e. The Morgan fingerprint density at radius 2 is 2.14 bits per heavy atom. The minimum absolute atomic E-state index is 0.652. The molecule has 0 fully saturated rings. The van der Waals surface area contributed by atoms with Crippen LogP contribution in [0.3, 0.4) is 0 Å². The van der Waals surface area contributed by atoms with Crippen LogP contribution in [0, 0.1) is 6.92 Å². The first kappa shape index (κ1) is 14.3. The number of aromatic nitrogens is 2. The van der Waals surface area contributed by atoms with Crippen LogP contribution in [0.2, 0.25) is 5.02 Å². The van der Waals surface area contributed by atoms with Crippen LogP contribution < -0.4 is 5.32 Å². The Hall–Kier alpha value is -1.65. The Morgan fingerprint density at radius 3 is 2.95 bits per heavy atom. The summed E-state index contributed by atoms with van der Waals surface area (Å²) >= 11 is 9.82. The third kappa shape index (κ3) is 3.01. The van der Waals surface area contributed by atoms with Crippen molar-refractivity contribution in [1.29, 1.82) is 0 Å². The van der Waals surface area contributed by atoms with Gasteiger partial charge in [-0.25, -0.2) is 0 Å². The molecule has 3 nitrogen and oxygen atoms in total. The van der Waals surface area contributed by atoms with Gasteiger partial charge >= 0.3 is 0 Å². The van der Waals surface area contributed by atoms with Gasteiger partial charge in [0, 0.05) is 35.0 Å². The normalized spacial score (nSPS) is 10.8. The fourth-order valence-corrected chi connectivity index (χ4v) is 3.05. The summed E-state index contributed by atoms with van der Waals surface area (Å²) in [6, 6.07) is 7.92. The number of rotatable bonds is 3. The fourth-order valence-electron chi connectivity index (χ4n) is 2.30. The van der Waals surface area contributed by atoms with E-state index in [2.05, 4.69) is 31.2 Å². The lowest BCUT2D eigenvalue weighted by Gasteiger charge is -2.13. The average molecular weight is 363 g/mol. The first-order valence-corrected chi connectivity index (χ1v) is 7.69. The monoisotopic (exact) mass is 361 g/mol. The molecular weight excluding hydrogens is 350 g/mol. The molecule has 0 saturated carbocycles. The van der Waals surface area contributed by atoms with E-state index in [-0.39, 0.29) is 0 Å². The summed E-state index contributed by atoms with van der Waals surface area (Å²) in [5.74, 6) is 0. The van der Waals surface area contributed by atoms with Gasteiger partial charge in [-0.2, -0.15) is 0 Å². The highest BCUT2D eigenvalue weighted by Crippen LogP contribution is 2.32. The topological polar surface area (TPSA) is 37.8 Å². The van der Waals surface area contributed by atoms with Crippen LogP contribution in [-0.2, 0) is 6.54 Å². The van der Waals surface area contributed by atoms with Crippen molar-refractivity contribution >= 4 is 44.1 Å². The molecule has 0 amide bonds. The lowest BCUT2D eigenvalue weighted by Crippen LogP contribution is -2.02. The number of nitrogens with zero attached hydrogens (tertiary/aromatic N) is 2. The summed E-state index contributed by atoms with van der Waals surface area (Å²) in [6.45, 7) is 2.67. The lowest BCUT2D eigenvalue weighted by atomic mass is 10.1. The number of hydrogen-bond donors (Lipinski definition) is 1. The molecule has 0 saturated heterocycles. The number of aryl methyl sites for hydroxylation is 1. The van der Waals surface area contributed by atoms with E-state index in [9.17, 15) is 0 Å². The van der Waals surface area contributed by atoms with Crippen molar-refractivity contribution in [3.8, 4) is 0 Å². The van der Waals surface area contributed by atoms with Crippen molar-refractivity contribution in [2.75, 3.05) is 5.32 Å². The molecule has 0 bridgehead atoms. The van der Waals surface area contributed by atoms with Crippen molar-refractivity contribution < 1.29 is 0 Å². The largest absolute Gasteiger partial charge is 0.379 e. The van der Waals surface area contributed by atoms with Crippen molar-refractivity contribution in [1.82, 2.24) is 9.97 Å². The van der Waals surface area contributed by atoms with E-state index < -0.39 is 0 Å². The van der Waals surface area contributed by atoms with Crippen molar-refractivity contribution in [3.63, 3.8) is 0 Å². The predicted octanol–water partition coefficient (Wildman–Crippen LogP) is 4.97. The van der Waals surface area contributed by atoms with Crippen LogP contribution in [0.5, 0.6) is 0 Å². The van der Waals surface area contributed by atoms with Gasteiger partial charge in [0.1, 0.15) is 0 Å². The molecule has 0 atom stereocenters. The first-order chi connectivity index (χ1) is 10.1. The summed E-state index contributed by atoms with van der Waals surface area (Å²) in [7, 11) is 0. The number of fused-ring (bicyclic) bond motifs is 1. The molecule has 2 aromatic heterocycles. The van der Waals surface area contributed by atoms with E-state index in [4.69, 9.17) is 11.6 Å². The van der Waals surface area contributed by atoms with Gasteiger partial charge < -0.3 is 5.32 Å². The molecule has 2 heterocycles. The van der Waals surface area contributed by atoms with Crippen LogP contribution in [0.15, 0.2) is 47.3 Å². The van der Waals surface area contributed by atoms with Crippen LogP contribution in [0.1, 0.15) is 11.1 Å². The predicted molar refractivity (Wildman–Crippen MR) is 90.8 cm³/mol. The molecule has 0 unspecified atom stereocenters. The second kappa shape index (κ2) is 6.00. The minimum Gasteiger partial charge on any atom is -0.379 e. The summed E-state index contributed by atoms with van der Waals surface area (Å²) in [4.78, 5) is 8.60. The van der Waals surface area contributed by atoms with Gasteiger partial charge in [0.05, 0.1) is 16.2 Å². The zero-order valence-electron chi connectivity index (χ0n) is 11.4. The fraction of sp³-hybridized carbons (Fsp3) is 0.125. The van der Waals surface area contributed by atoms with Crippen molar-refractivity contribution in [3.05, 3.63) is 63.5 Å². The molecule has 0 aliphatic carbocycles. The quantitative estimate of drug-likeness (QED) is 0.715. The van der Waals surface area contributed by atoms with Crippen LogP contribution >= 0.6 is 27.5 Å². The average Bonchev–Trinajstić information content (AvgIpc) is 2.47. The molecule has 0 radical (unpaired) electrons. The number of halogens is 2. The van der Waals surface area contributed by atoms with E-state index in [1.807, 2.05) is 37.4 Å². The molecule has 21 heavy (non-hydrogen) atoms. The maximum absolute atomic E-state index is 6.39. The van der Waals surface area contributed by atoms with Gasteiger partial charge in [-0.1, -0.05) is 11.6 Å². The highest BCUT2D eigenvalue weighted by Gasteiger charge is 2.09. The maximum atomic E-state index is 6.39. The second-order valence-corrected chi connectivity index (χ2v) is 6.14. The Labute approximate surface area is 136 Å². The second-order valence-electron chi connectivity index (χ2n) is 4.81. The third-order valence-electron chi connectivity index (χ3n) is 3.26. The van der Waals surface area contributed by atoms with Crippen LogP contribution in [0.4, 0.5) is 5.69 Å². The molecule has 5 heteroatoms. The highest BCUT2D eigenvalue weighted by molar-refractivity contribution is 9.10. The molecule has 0 aliphatic rings. The van der Waals surface area contributed by atoms with E-state index in [0.717, 1.165) is 32.2 Å². The van der Waals surface area contributed by atoms with Gasteiger partial charge in [0.25, 0.3) is 0 Å². The third-order valence-corrected chi connectivity index (χ3v) is 4.00. The summed E-state index contributed by atoms with van der Waals surface area (Å²) in [5.41, 5.74) is 4.03. The molecule has 1 N–H and O–H groups in total. The summed E-state index contributed by atoms with van der Waals surface area (Å²) in [5, 5.41) is 5.13. The molecule has 3 rings (SSSR count). The highest BCUT2D eigenvalue weighted by atomic mass is 79.9. The summed E-state index contributed by atoms with van der Waals surface area (Å²) in [6.07, 6.45) is 5.40. The molecule has 0 spiro atoms. The zero-order valence-corrected chi connectivity index (χ0v) is 13.7. The minimum atomic E-state index is 0.652. The first-order valence-electron chi connectivity index (χ1n) is 6.52. The molecule has 1 aromatic carbocycles. The zero-order chi connectivity index (χ0) is 14.8. The van der Waals surface area contributed by atoms with Crippen molar-refractivity contribution in [2.45, 2.75) is 13.5 Å². The smallest absolute Gasteiger partial charge is 0.0752 e.